The Morgan fingerprint density at radius 2 is 2.05 bits per heavy atom. The van der Waals surface area contributed by atoms with E-state index in [4.69, 9.17) is 16.6 Å². The van der Waals surface area contributed by atoms with Crippen molar-refractivity contribution in [1.82, 2.24) is 10.3 Å². The van der Waals surface area contributed by atoms with Gasteiger partial charge in [0.2, 0.25) is 0 Å². The highest BCUT2D eigenvalue weighted by Crippen LogP contribution is 2.32. The predicted molar refractivity (Wildman–Crippen MR) is 85.4 cm³/mol. The van der Waals surface area contributed by atoms with Crippen LogP contribution in [0.1, 0.15) is 43.5 Å². The van der Waals surface area contributed by atoms with Gasteiger partial charge in [-0.15, -0.1) is 0 Å². The van der Waals surface area contributed by atoms with Gasteiger partial charge in [-0.25, -0.2) is 0 Å². The molecule has 0 fully saturated rings. The van der Waals surface area contributed by atoms with Gasteiger partial charge < -0.3 is 5.32 Å². The molecule has 20 heavy (non-hydrogen) atoms. The Balaban J connectivity index is 2.18. The molecule has 0 amide bonds. The smallest absolute Gasteiger partial charge is 0.0894 e. The minimum Gasteiger partial charge on any atom is -0.310 e. The molecule has 0 saturated heterocycles. The van der Waals surface area contributed by atoms with Gasteiger partial charge in [0.15, 0.2) is 0 Å². The molecule has 3 heteroatoms. The molecular weight excluding hydrogens is 268 g/mol. The zero-order valence-electron chi connectivity index (χ0n) is 12.2. The van der Waals surface area contributed by atoms with Crippen LogP contribution in [0.25, 0.3) is 10.9 Å². The van der Waals surface area contributed by atoms with Crippen LogP contribution in [0.4, 0.5) is 0 Å². The van der Waals surface area contributed by atoms with Gasteiger partial charge in [0, 0.05) is 23.7 Å². The fraction of sp³-hybridized carbons (Fsp3) is 0.471. The molecule has 1 N–H and O–H groups in total. The number of pyridine rings is 1. The average molecular weight is 289 g/mol. The highest BCUT2D eigenvalue weighted by atomic mass is 35.5. The van der Waals surface area contributed by atoms with Crippen molar-refractivity contribution < 1.29 is 0 Å². The van der Waals surface area contributed by atoms with Gasteiger partial charge in [0.05, 0.1) is 10.5 Å². The third-order valence-electron chi connectivity index (χ3n) is 4.05. The van der Waals surface area contributed by atoms with Gasteiger partial charge in [-0.1, -0.05) is 37.6 Å². The lowest BCUT2D eigenvalue weighted by molar-refractivity contribution is 0.581. The molecular formula is C17H21ClN2. The van der Waals surface area contributed by atoms with E-state index in [2.05, 4.69) is 25.2 Å². The summed E-state index contributed by atoms with van der Waals surface area (Å²) in [6.45, 7) is 5.27. The SMILES string of the molecule is CC(C)NCc1c2c(nc3c(Cl)cccc13)CCCC2. The maximum atomic E-state index is 6.35. The normalized spacial score (nSPS) is 14.8. The van der Waals surface area contributed by atoms with Crippen LogP contribution in [-0.4, -0.2) is 11.0 Å². The average Bonchev–Trinajstić information content (AvgIpc) is 2.44. The van der Waals surface area contributed by atoms with Crippen molar-refractivity contribution in [3.63, 3.8) is 0 Å². The first-order valence-electron chi connectivity index (χ1n) is 7.49. The van der Waals surface area contributed by atoms with Crippen molar-refractivity contribution in [3.05, 3.63) is 40.0 Å². The molecule has 1 aliphatic rings. The fourth-order valence-corrected chi connectivity index (χ4v) is 3.23. The highest BCUT2D eigenvalue weighted by Gasteiger charge is 2.18. The summed E-state index contributed by atoms with van der Waals surface area (Å²) in [5.74, 6) is 0. The first-order valence-corrected chi connectivity index (χ1v) is 7.87. The molecule has 0 unspecified atom stereocenters. The molecule has 1 aliphatic carbocycles. The maximum Gasteiger partial charge on any atom is 0.0894 e. The molecule has 1 aromatic carbocycles. The lowest BCUT2D eigenvalue weighted by Gasteiger charge is -2.22. The van der Waals surface area contributed by atoms with E-state index in [0.29, 0.717) is 6.04 Å². The molecule has 1 heterocycles. The summed E-state index contributed by atoms with van der Waals surface area (Å²) in [5, 5.41) is 5.53. The molecule has 2 nitrogen and oxygen atoms in total. The zero-order valence-corrected chi connectivity index (χ0v) is 12.9. The Hall–Kier alpha value is -1.12. The van der Waals surface area contributed by atoms with Crippen LogP contribution in [-0.2, 0) is 19.4 Å². The van der Waals surface area contributed by atoms with Crippen LogP contribution in [0.5, 0.6) is 0 Å². The Bertz CT molecular complexity index is 634. The molecule has 0 spiro atoms. The minimum absolute atomic E-state index is 0.483. The second kappa shape index (κ2) is 5.71. The Labute approximate surface area is 125 Å². The summed E-state index contributed by atoms with van der Waals surface area (Å²) in [7, 11) is 0. The van der Waals surface area contributed by atoms with E-state index in [9.17, 15) is 0 Å². The number of hydrogen-bond donors (Lipinski definition) is 1. The van der Waals surface area contributed by atoms with Crippen molar-refractivity contribution in [1.29, 1.82) is 0 Å². The van der Waals surface area contributed by atoms with Gasteiger partial charge in [-0.3, -0.25) is 4.98 Å². The molecule has 0 aliphatic heterocycles. The summed E-state index contributed by atoms with van der Waals surface area (Å²) < 4.78 is 0. The lowest BCUT2D eigenvalue weighted by Crippen LogP contribution is -2.24. The van der Waals surface area contributed by atoms with Crippen molar-refractivity contribution >= 4 is 22.5 Å². The van der Waals surface area contributed by atoms with Crippen LogP contribution in [0.2, 0.25) is 5.02 Å². The highest BCUT2D eigenvalue weighted by molar-refractivity contribution is 6.35. The van der Waals surface area contributed by atoms with Crippen molar-refractivity contribution in [2.45, 2.75) is 52.1 Å². The molecule has 0 bridgehead atoms. The van der Waals surface area contributed by atoms with Crippen molar-refractivity contribution in [3.8, 4) is 0 Å². The monoisotopic (exact) mass is 288 g/mol. The lowest BCUT2D eigenvalue weighted by atomic mass is 9.89. The van der Waals surface area contributed by atoms with Gasteiger partial charge in [0.1, 0.15) is 0 Å². The van der Waals surface area contributed by atoms with Crippen molar-refractivity contribution in [2.75, 3.05) is 0 Å². The second-order valence-corrected chi connectivity index (χ2v) is 6.30. The largest absolute Gasteiger partial charge is 0.310 e. The van der Waals surface area contributed by atoms with E-state index in [1.54, 1.807) is 0 Å². The number of hydrogen-bond acceptors (Lipinski definition) is 2. The molecule has 0 radical (unpaired) electrons. The van der Waals surface area contributed by atoms with E-state index >= 15 is 0 Å². The van der Waals surface area contributed by atoms with Crippen LogP contribution >= 0.6 is 11.6 Å². The van der Waals surface area contributed by atoms with E-state index in [1.165, 1.54) is 35.0 Å². The van der Waals surface area contributed by atoms with Gasteiger partial charge in [-0.2, -0.15) is 0 Å². The zero-order chi connectivity index (χ0) is 14.1. The predicted octanol–water partition coefficient (Wildman–Crippen LogP) is 4.27. The number of fused-ring (bicyclic) bond motifs is 2. The Morgan fingerprint density at radius 1 is 1.25 bits per heavy atom. The van der Waals surface area contributed by atoms with Crippen LogP contribution in [0.15, 0.2) is 18.2 Å². The van der Waals surface area contributed by atoms with Gasteiger partial charge in [-0.05, 0) is 42.9 Å². The summed E-state index contributed by atoms with van der Waals surface area (Å²) >= 11 is 6.35. The number of rotatable bonds is 3. The molecule has 106 valence electrons. The van der Waals surface area contributed by atoms with Gasteiger partial charge >= 0.3 is 0 Å². The number of halogens is 1. The Kier molecular flexibility index (Phi) is 3.95. The van der Waals surface area contributed by atoms with E-state index in [0.717, 1.165) is 29.9 Å². The summed E-state index contributed by atoms with van der Waals surface area (Å²) in [6.07, 6.45) is 4.76. The first-order chi connectivity index (χ1) is 9.66. The van der Waals surface area contributed by atoms with Crippen molar-refractivity contribution in [2.24, 2.45) is 0 Å². The fourth-order valence-electron chi connectivity index (χ4n) is 3.02. The second-order valence-electron chi connectivity index (χ2n) is 5.89. The first kappa shape index (κ1) is 13.8. The van der Waals surface area contributed by atoms with Crippen LogP contribution in [0, 0.1) is 0 Å². The number of para-hydroxylation sites is 1. The summed E-state index contributed by atoms with van der Waals surface area (Å²) in [4.78, 5) is 4.84. The molecule has 0 atom stereocenters. The minimum atomic E-state index is 0.483. The standard InChI is InChI=1S/C17H21ClN2/c1-11(2)19-10-14-12-6-3-4-9-16(12)20-17-13(14)7-5-8-15(17)18/h5,7-8,11,19H,3-4,6,9-10H2,1-2H3. The molecule has 1 aromatic heterocycles. The number of benzene rings is 1. The third kappa shape index (κ3) is 2.55. The molecule has 3 rings (SSSR count). The summed E-state index contributed by atoms with van der Waals surface area (Å²) in [6, 6.07) is 6.60. The summed E-state index contributed by atoms with van der Waals surface area (Å²) in [5.41, 5.74) is 5.09. The quantitative estimate of drug-likeness (QED) is 0.912. The van der Waals surface area contributed by atoms with E-state index in [1.807, 2.05) is 12.1 Å². The van der Waals surface area contributed by atoms with Crippen LogP contribution < -0.4 is 5.32 Å². The van der Waals surface area contributed by atoms with Crippen LogP contribution in [0.3, 0.4) is 0 Å². The molecule has 0 saturated carbocycles. The van der Waals surface area contributed by atoms with E-state index in [-0.39, 0.29) is 0 Å². The number of aryl methyl sites for hydroxylation is 1. The van der Waals surface area contributed by atoms with Gasteiger partial charge in [0.25, 0.3) is 0 Å². The third-order valence-corrected chi connectivity index (χ3v) is 4.35. The number of aromatic nitrogens is 1. The Morgan fingerprint density at radius 3 is 2.85 bits per heavy atom. The topological polar surface area (TPSA) is 24.9 Å². The number of nitrogens with zero attached hydrogens (tertiary/aromatic N) is 1. The number of nitrogens with one attached hydrogen (secondary N) is 1. The molecule has 2 aromatic rings. The maximum absolute atomic E-state index is 6.35. The van der Waals surface area contributed by atoms with E-state index < -0.39 is 0 Å².